The Morgan fingerprint density at radius 3 is 2.12 bits per heavy atom. The minimum atomic E-state index is -0.926. The van der Waals surface area contributed by atoms with Crippen molar-refractivity contribution in [2.45, 2.75) is 41.6 Å². The second kappa shape index (κ2) is 15.5. The summed E-state index contributed by atoms with van der Waals surface area (Å²) in [5.41, 5.74) is 7.82. The normalized spacial score (nSPS) is 12.7. The summed E-state index contributed by atoms with van der Waals surface area (Å²) in [6.45, 7) is 1.87. The first-order valence-corrected chi connectivity index (χ1v) is 13.9. The van der Waals surface area contributed by atoms with Crippen molar-refractivity contribution in [1.29, 1.82) is 0 Å². The highest BCUT2D eigenvalue weighted by atomic mass is 35.5. The Labute approximate surface area is 218 Å². The molecule has 34 heavy (non-hydrogen) atoms. The van der Waals surface area contributed by atoms with Crippen molar-refractivity contribution < 1.29 is 18.7 Å². The maximum Gasteiger partial charge on any atom is 0.328 e. The fourth-order valence-corrected chi connectivity index (χ4v) is 5.20. The van der Waals surface area contributed by atoms with Gasteiger partial charge in [0.05, 0.1) is 12.6 Å². The summed E-state index contributed by atoms with van der Waals surface area (Å²) in [7, 11) is 0. The highest BCUT2D eigenvalue weighted by Gasteiger charge is 2.25. The van der Waals surface area contributed by atoms with Gasteiger partial charge in [-0.05, 0) is 54.8 Å². The number of nitrogens with one attached hydrogen (secondary N) is 1. The summed E-state index contributed by atoms with van der Waals surface area (Å²) < 4.78 is 18.3. The summed E-state index contributed by atoms with van der Waals surface area (Å²) in [4.78, 5) is 27.4. The Balaban J connectivity index is 2.11. The van der Waals surface area contributed by atoms with Gasteiger partial charge in [-0.15, -0.1) is 46.7 Å². The van der Waals surface area contributed by atoms with Crippen molar-refractivity contribution in [2.24, 2.45) is 5.73 Å². The first kappa shape index (κ1) is 28.8. The van der Waals surface area contributed by atoms with Crippen LogP contribution in [0.25, 0.3) is 0 Å². The molecule has 0 aliphatic heterocycles. The lowest BCUT2D eigenvalue weighted by atomic mass is 10.0. The van der Waals surface area contributed by atoms with Gasteiger partial charge in [0.15, 0.2) is 0 Å². The molecule has 0 aliphatic rings. The Morgan fingerprint density at radius 2 is 1.59 bits per heavy atom. The topological polar surface area (TPSA) is 81.4 Å². The van der Waals surface area contributed by atoms with E-state index in [9.17, 15) is 14.0 Å². The number of halogens is 3. The molecular weight excluding hydrogens is 518 g/mol. The second-order valence-corrected chi connectivity index (χ2v) is 10.4. The van der Waals surface area contributed by atoms with Crippen LogP contribution in [0.15, 0.2) is 52.3 Å². The summed E-state index contributed by atoms with van der Waals surface area (Å²) in [5.74, 6) is 1.19. The van der Waals surface area contributed by atoms with Gasteiger partial charge in [0.2, 0.25) is 5.91 Å². The fraction of sp³-hybridized carbons (Fsp3) is 0.417. The third kappa shape index (κ3) is 10.0. The number of esters is 1. The zero-order valence-electron chi connectivity index (χ0n) is 18.9. The maximum atomic E-state index is 13.2. The van der Waals surface area contributed by atoms with Crippen molar-refractivity contribution in [3.8, 4) is 0 Å². The lowest BCUT2D eigenvalue weighted by Gasteiger charge is -2.20. The van der Waals surface area contributed by atoms with Crippen molar-refractivity contribution in [3.05, 3.63) is 59.4 Å². The number of hydrogen-bond acceptors (Lipinski definition) is 6. The standard InChI is InChI=1S/C24H29Cl2FN2O3S2/c1-2-32-24(31)22(14-16-3-5-18(27)6-4-16)29-23(30)21(28)13-17-11-19(33-9-7-25)15-20(12-17)34-10-8-26/h3-6,11-12,15,21-22H,2,7-10,13-14,28H2,1H3,(H,29,30)/t21-,22-/m0/s1. The highest BCUT2D eigenvalue weighted by Crippen LogP contribution is 2.28. The summed E-state index contributed by atoms with van der Waals surface area (Å²) in [5, 5.41) is 2.70. The molecule has 2 rings (SSSR count). The van der Waals surface area contributed by atoms with Gasteiger partial charge < -0.3 is 15.8 Å². The van der Waals surface area contributed by atoms with E-state index in [-0.39, 0.29) is 18.8 Å². The van der Waals surface area contributed by atoms with Crippen molar-refractivity contribution in [2.75, 3.05) is 29.9 Å². The molecule has 0 saturated heterocycles. The number of thioether (sulfide) groups is 2. The van der Waals surface area contributed by atoms with E-state index in [2.05, 4.69) is 11.4 Å². The Hall–Kier alpha value is -1.45. The zero-order chi connectivity index (χ0) is 24.9. The number of alkyl halides is 2. The predicted molar refractivity (Wildman–Crippen MR) is 140 cm³/mol. The van der Waals surface area contributed by atoms with Gasteiger partial charge in [-0.2, -0.15) is 0 Å². The number of hydrogen-bond donors (Lipinski definition) is 2. The van der Waals surface area contributed by atoms with Gasteiger partial charge in [0.1, 0.15) is 11.9 Å². The molecule has 0 spiro atoms. The van der Waals surface area contributed by atoms with E-state index >= 15 is 0 Å². The second-order valence-electron chi connectivity index (χ2n) is 7.34. The number of ether oxygens (including phenoxy) is 1. The van der Waals surface area contributed by atoms with E-state index < -0.39 is 24.0 Å². The highest BCUT2D eigenvalue weighted by molar-refractivity contribution is 8.00. The van der Waals surface area contributed by atoms with Crippen LogP contribution in [0, 0.1) is 5.82 Å². The first-order chi connectivity index (χ1) is 16.4. The van der Waals surface area contributed by atoms with E-state index in [0.29, 0.717) is 23.7 Å². The van der Waals surface area contributed by atoms with Crippen molar-refractivity contribution >= 4 is 58.6 Å². The molecule has 2 aromatic rings. The SMILES string of the molecule is CCOC(=O)[C@H](Cc1ccc(F)cc1)NC(=O)[C@@H](N)Cc1cc(SCCCl)cc(SCCCl)c1. The van der Waals surface area contributed by atoms with E-state index in [1.807, 2.05) is 12.1 Å². The van der Waals surface area contributed by atoms with Crippen LogP contribution in [0.4, 0.5) is 4.39 Å². The van der Waals surface area contributed by atoms with Crippen LogP contribution in [-0.4, -0.2) is 53.8 Å². The Bertz CT molecular complexity index is 909. The third-order valence-electron chi connectivity index (χ3n) is 4.66. The molecule has 0 bridgehead atoms. The summed E-state index contributed by atoms with van der Waals surface area (Å²) >= 11 is 14.9. The molecule has 0 heterocycles. The molecule has 0 fully saturated rings. The molecule has 186 valence electrons. The van der Waals surface area contributed by atoms with E-state index in [1.54, 1.807) is 42.6 Å². The van der Waals surface area contributed by atoms with Crippen LogP contribution in [-0.2, 0) is 27.2 Å². The number of benzene rings is 2. The largest absolute Gasteiger partial charge is 0.464 e. The van der Waals surface area contributed by atoms with Gasteiger partial charge in [0.25, 0.3) is 0 Å². The van der Waals surface area contributed by atoms with Crippen LogP contribution < -0.4 is 11.1 Å². The number of carbonyl (C=O) groups excluding carboxylic acids is 2. The van der Waals surface area contributed by atoms with Crippen molar-refractivity contribution in [3.63, 3.8) is 0 Å². The number of carbonyl (C=O) groups is 2. The molecule has 0 saturated carbocycles. The molecule has 3 N–H and O–H groups in total. The van der Waals surface area contributed by atoms with E-state index in [4.69, 9.17) is 33.7 Å². The smallest absolute Gasteiger partial charge is 0.328 e. The predicted octanol–water partition coefficient (Wildman–Crippen LogP) is 4.65. The monoisotopic (exact) mass is 546 g/mol. The Kier molecular flexibility index (Phi) is 13.1. The molecule has 0 radical (unpaired) electrons. The molecule has 2 aromatic carbocycles. The number of rotatable bonds is 14. The molecule has 1 amide bonds. The summed E-state index contributed by atoms with van der Waals surface area (Å²) in [6, 6.07) is 10.0. The average molecular weight is 548 g/mol. The molecule has 0 aliphatic carbocycles. The minimum absolute atomic E-state index is 0.168. The third-order valence-corrected chi connectivity index (χ3v) is 7.45. The van der Waals surface area contributed by atoms with Crippen LogP contribution in [0.3, 0.4) is 0 Å². The van der Waals surface area contributed by atoms with Crippen LogP contribution in [0.1, 0.15) is 18.1 Å². The summed E-state index contributed by atoms with van der Waals surface area (Å²) in [6.07, 6.45) is 0.461. The van der Waals surface area contributed by atoms with Gasteiger partial charge >= 0.3 is 5.97 Å². The van der Waals surface area contributed by atoms with Gasteiger partial charge in [-0.25, -0.2) is 9.18 Å². The Morgan fingerprint density at radius 1 is 1.00 bits per heavy atom. The zero-order valence-corrected chi connectivity index (χ0v) is 22.0. The average Bonchev–Trinajstić information content (AvgIpc) is 2.82. The molecular formula is C24H29Cl2FN2O3S2. The molecule has 5 nitrogen and oxygen atoms in total. The van der Waals surface area contributed by atoms with Gasteiger partial charge in [-0.1, -0.05) is 12.1 Å². The quantitative estimate of drug-likeness (QED) is 0.204. The van der Waals surface area contributed by atoms with E-state index in [1.165, 1.54) is 12.1 Å². The lowest BCUT2D eigenvalue weighted by molar-refractivity contribution is -0.147. The molecule has 0 unspecified atom stereocenters. The van der Waals surface area contributed by atoms with Crippen LogP contribution in [0.2, 0.25) is 0 Å². The minimum Gasteiger partial charge on any atom is -0.464 e. The van der Waals surface area contributed by atoms with Gasteiger partial charge in [-0.3, -0.25) is 4.79 Å². The van der Waals surface area contributed by atoms with E-state index in [0.717, 1.165) is 26.9 Å². The fourth-order valence-electron chi connectivity index (χ4n) is 3.15. The number of nitrogens with two attached hydrogens (primary N) is 1. The number of amides is 1. The molecule has 0 aromatic heterocycles. The van der Waals surface area contributed by atoms with Crippen LogP contribution >= 0.6 is 46.7 Å². The van der Waals surface area contributed by atoms with Gasteiger partial charge in [0, 0.05) is 39.5 Å². The molecule has 2 atom stereocenters. The lowest BCUT2D eigenvalue weighted by Crippen LogP contribution is -2.50. The van der Waals surface area contributed by atoms with Crippen LogP contribution in [0.5, 0.6) is 0 Å². The van der Waals surface area contributed by atoms with Crippen molar-refractivity contribution in [1.82, 2.24) is 5.32 Å². The maximum absolute atomic E-state index is 13.2. The molecule has 10 heteroatoms. The first-order valence-electron chi connectivity index (χ1n) is 10.8.